The third-order valence-electron chi connectivity index (χ3n) is 5.62. The van der Waals surface area contributed by atoms with Crippen molar-refractivity contribution in [3.8, 4) is 11.5 Å². The van der Waals surface area contributed by atoms with Gasteiger partial charge in [-0.15, -0.1) is 0 Å². The molecule has 1 aromatic carbocycles. The number of nitrogens with zero attached hydrogens (tertiary/aromatic N) is 2. The lowest BCUT2D eigenvalue weighted by atomic mass is 10.2. The molecule has 1 fully saturated rings. The van der Waals surface area contributed by atoms with Gasteiger partial charge in [0.1, 0.15) is 5.03 Å². The summed E-state index contributed by atoms with van der Waals surface area (Å²) in [6.45, 7) is 1.33. The molecule has 0 saturated carbocycles. The summed E-state index contributed by atoms with van der Waals surface area (Å²) in [5.41, 5.74) is 2.52. The number of rotatable bonds is 8. The highest BCUT2D eigenvalue weighted by Gasteiger charge is 2.25. The number of fused-ring (bicyclic) bond motifs is 1. The van der Waals surface area contributed by atoms with Crippen LogP contribution >= 0.6 is 11.8 Å². The molecule has 31 heavy (non-hydrogen) atoms. The molecule has 0 radical (unpaired) electrons. The first-order valence-electron chi connectivity index (χ1n) is 10.5. The van der Waals surface area contributed by atoms with Crippen LogP contribution in [0.4, 0.5) is 5.69 Å². The maximum Gasteiger partial charge on any atom is 0.348 e. The summed E-state index contributed by atoms with van der Waals surface area (Å²) in [6.07, 6.45) is 4.86. The van der Waals surface area contributed by atoms with Crippen LogP contribution in [0, 0.1) is 0 Å². The standard InChI is InChI=1S/C22H27N3O5S/c1-28-18-9-8-14(11-19(18)29-2)23-20(26)13-31-21-16-6-3-7-17(16)25(22(27)24-21)12-15-5-4-10-30-15/h8-9,11,15H,3-7,10,12-13H2,1-2H3,(H,23,26). The van der Waals surface area contributed by atoms with E-state index in [9.17, 15) is 9.59 Å². The second kappa shape index (κ2) is 9.74. The van der Waals surface area contributed by atoms with Crippen molar-refractivity contribution in [3.05, 3.63) is 39.9 Å². The third kappa shape index (κ3) is 4.88. The van der Waals surface area contributed by atoms with Gasteiger partial charge in [0.25, 0.3) is 0 Å². The Labute approximate surface area is 185 Å². The van der Waals surface area contributed by atoms with Crippen LogP contribution in [0.15, 0.2) is 28.0 Å². The van der Waals surface area contributed by atoms with Gasteiger partial charge in [0.2, 0.25) is 5.91 Å². The minimum atomic E-state index is -0.251. The fourth-order valence-corrected chi connectivity index (χ4v) is 5.01. The highest BCUT2D eigenvalue weighted by molar-refractivity contribution is 8.00. The minimum absolute atomic E-state index is 0.0926. The van der Waals surface area contributed by atoms with Crippen molar-refractivity contribution in [2.24, 2.45) is 0 Å². The number of nitrogens with one attached hydrogen (secondary N) is 1. The zero-order chi connectivity index (χ0) is 21.8. The fourth-order valence-electron chi connectivity index (χ4n) is 4.13. The summed E-state index contributed by atoms with van der Waals surface area (Å²) in [6, 6.07) is 5.21. The molecule has 0 bridgehead atoms. The van der Waals surface area contributed by atoms with Crippen LogP contribution in [0.3, 0.4) is 0 Å². The number of amides is 1. The average molecular weight is 446 g/mol. The van der Waals surface area contributed by atoms with Gasteiger partial charge in [-0.05, 0) is 44.2 Å². The lowest BCUT2D eigenvalue weighted by Crippen LogP contribution is -2.31. The number of thioether (sulfide) groups is 1. The molecule has 166 valence electrons. The van der Waals surface area contributed by atoms with E-state index in [0.717, 1.165) is 50.0 Å². The lowest BCUT2D eigenvalue weighted by molar-refractivity contribution is -0.113. The van der Waals surface area contributed by atoms with Crippen molar-refractivity contribution in [2.45, 2.75) is 49.8 Å². The van der Waals surface area contributed by atoms with Crippen molar-refractivity contribution in [1.82, 2.24) is 9.55 Å². The van der Waals surface area contributed by atoms with Gasteiger partial charge in [0.15, 0.2) is 11.5 Å². The molecule has 1 unspecified atom stereocenters. The number of methoxy groups -OCH3 is 2. The van der Waals surface area contributed by atoms with E-state index in [-0.39, 0.29) is 23.5 Å². The molecular formula is C22H27N3O5S. The van der Waals surface area contributed by atoms with Gasteiger partial charge in [-0.2, -0.15) is 4.98 Å². The van der Waals surface area contributed by atoms with E-state index in [1.807, 2.05) is 0 Å². The smallest absolute Gasteiger partial charge is 0.348 e. The van der Waals surface area contributed by atoms with E-state index in [0.29, 0.717) is 28.8 Å². The van der Waals surface area contributed by atoms with E-state index < -0.39 is 0 Å². The van der Waals surface area contributed by atoms with Crippen molar-refractivity contribution in [3.63, 3.8) is 0 Å². The van der Waals surface area contributed by atoms with Gasteiger partial charge in [0.05, 0.1) is 32.6 Å². The number of carbonyl (C=O) groups excluding carboxylic acids is 1. The Morgan fingerprint density at radius 2 is 2.10 bits per heavy atom. The van der Waals surface area contributed by atoms with E-state index >= 15 is 0 Å². The molecule has 2 aromatic rings. The van der Waals surface area contributed by atoms with Crippen LogP contribution in [0.2, 0.25) is 0 Å². The molecule has 1 amide bonds. The van der Waals surface area contributed by atoms with Crippen LogP contribution in [0.5, 0.6) is 11.5 Å². The van der Waals surface area contributed by atoms with Gasteiger partial charge in [0, 0.05) is 29.6 Å². The van der Waals surface area contributed by atoms with E-state index in [1.54, 1.807) is 37.0 Å². The predicted octanol–water partition coefficient (Wildman–Crippen LogP) is 2.66. The van der Waals surface area contributed by atoms with Gasteiger partial charge in [-0.25, -0.2) is 4.79 Å². The van der Waals surface area contributed by atoms with Crippen molar-refractivity contribution in [1.29, 1.82) is 0 Å². The van der Waals surface area contributed by atoms with Gasteiger partial charge in [-0.1, -0.05) is 11.8 Å². The Morgan fingerprint density at radius 3 is 2.84 bits per heavy atom. The molecule has 2 aliphatic rings. The molecule has 1 atom stereocenters. The number of hydrogen-bond donors (Lipinski definition) is 1. The molecule has 8 nitrogen and oxygen atoms in total. The summed E-state index contributed by atoms with van der Waals surface area (Å²) >= 11 is 1.31. The van der Waals surface area contributed by atoms with Crippen LogP contribution < -0.4 is 20.5 Å². The SMILES string of the molecule is COc1ccc(NC(=O)CSc2nc(=O)n(CC3CCCO3)c3c2CCC3)cc1OC. The van der Waals surface area contributed by atoms with Crippen LogP contribution in [-0.4, -0.2) is 48.1 Å². The van der Waals surface area contributed by atoms with Crippen LogP contribution in [0.1, 0.15) is 30.5 Å². The maximum atomic E-state index is 12.7. The Hall–Kier alpha value is -2.52. The highest BCUT2D eigenvalue weighted by Crippen LogP contribution is 2.31. The second-order valence-corrected chi connectivity index (χ2v) is 8.59. The van der Waals surface area contributed by atoms with Gasteiger partial charge in [-0.3, -0.25) is 9.36 Å². The molecule has 1 aromatic heterocycles. The first-order chi connectivity index (χ1) is 15.1. The number of benzene rings is 1. The fraction of sp³-hybridized carbons (Fsp3) is 0.500. The monoisotopic (exact) mass is 445 g/mol. The molecule has 4 rings (SSSR count). The zero-order valence-electron chi connectivity index (χ0n) is 17.8. The highest BCUT2D eigenvalue weighted by atomic mass is 32.2. The number of anilines is 1. The Morgan fingerprint density at radius 1 is 1.26 bits per heavy atom. The molecular weight excluding hydrogens is 418 g/mol. The number of aromatic nitrogens is 2. The van der Waals surface area contributed by atoms with Crippen molar-refractivity contribution in [2.75, 3.05) is 31.9 Å². The zero-order valence-corrected chi connectivity index (χ0v) is 18.6. The normalized spacial score (nSPS) is 17.4. The predicted molar refractivity (Wildman–Crippen MR) is 118 cm³/mol. The molecule has 1 N–H and O–H groups in total. The minimum Gasteiger partial charge on any atom is -0.493 e. The number of hydrogen-bond acceptors (Lipinski definition) is 7. The molecule has 1 aliphatic carbocycles. The molecule has 9 heteroatoms. The largest absolute Gasteiger partial charge is 0.493 e. The number of carbonyl (C=O) groups is 1. The molecule has 0 spiro atoms. The summed E-state index contributed by atoms with van der Waals surface area (Å²) in [7, 11) is 3.11. The first-order valence-corrected chi connectivity index (χ1v) is 11.5. The second-order valence-electron chi connectivity index (χ2n) is 7.63. The summed E-state index contributed by atoms with van der Waals surface area (Å²) in [4.78, 5) is 29.5. The molecule has 1 aliphatic heterocycles. The van der Waals surface area contributed by atoms with E-state index in [2.05, 4.69) is 10.3 Å². The van der Waals surface area contributed by atoms with Gasteiger partial charge < -0.3 is 19.5 Å². The Kier molecular flexibility index (Phi) is 6.82. The topological polar surface area (TPSA) is 91.7 Å². The van der Waals surface area contributed by atoms with Crippen LogP contribution in [-0.2, 0) is 28.9 Å². The average Bonchev–Trinajstić information content (AvgIpc) is 3.46. The summed E-state index contributed by atoms with van der Waals surface area (Å²) < 4.78 is 18.0. The molecule has 1 saturated heterocycles. The van der Waals surface area contributed by atoms with Crippen LogP contribution in [0.25, 0.3) is 0 Å². The van der Waals surface area contributed by atoms with Crippen molar-refractivity contribution < 1.29 is 19.0 Å². The number of ether oxygens (including phenoxy) is 3. The van der Waals surface area contributed by atoms with Crippen molar-refractivity contribution >= 4 is 23.4 Å². The quantitative estimate of drug-likeness (QED) is 0.493. The first kappa shape index (κ1) is 21.7. The van der Waals surface area contributed by atoms with E-state index in [4.69, 9.17) is 14.2 Å². The summed E-state index contributed by atoms with van der Waals surface area (Å²) in [5.74, 6) is 1.14. The molecule has 2 heterocycles. The Balaban J connectivity index is 1.44. The maximum absolute atomic E-state index is 12.7. The Bertz CT molecular complexity index is 1020. The summed E-state index contributed by atoms with van der Waals surface area (Å²) in [5, 5.41) is 3.53. The van der Waals surface area contributed by atoms with Gasteiger partial charge >= 0.3 is 5.69 Å². The lowest BCUT2D eigenvalue weighted by Gasteiger charge is -2.17. The third-order valence-corrected chi connectivity index (χ3v) is 6.64. The van der Waals surface area contributed by atoms with E-state index in [1.165, 1.54) is 11.8 Å².